The van der Waals surface area contributed by atoms with Gasteiger partial charge in [-0.1, -0.05) is 0 Å². The second kappa shape index (κ2) is 6.84. The molecule has 18 heavy (non-hydrogen) atoms. The highest BCUT2D eigenvalue weighted by Gasteiger charge is 2.20. The van der Waals surface area contributed by atoms with Gasteiger partial charge in [0, 0.05) is 28.0 Å². The predicted molar refractivity (Wildman–Crippen MR) is 86.3 cm³/mol. The van der Waals surface area contributed by atoms with Gasteiger partial charge in [0.1, 0.15) is 0 Å². The Hall–Kier alpha value is 0.580. The van der Waals surface area contributed by atoms with Gasteiger partial charge in [-0.05, 0) is 77.7 Å². The van der Waals surface area contributed by atoms with E-state index in [4.69, 9.17) is 0 Å². The number of thiophene rings is 1. The quantitative estimate of drug-likeness (QED) is 0.820. The molecule has 1 saturated heterocycles. The molecular formula is C13H20Br2N2S. The highest BCUT2D eigenvalue weighted by Crippen LogP contribution is 2.32. The first kappa shape index (κ1) is 15.0. The first-order chi connectivity index (χ1) is 8.56. The van der Waals surface area contributed by atoms with Gasteiger partial charge in [0.05, 0.1) is 3.79 Å². The van der Waals surface area contributed by atoms with Crippen LogP contribution in [0.15, 0.2) is 14.3 Å². The summed E-state index contributed by atoms with van der Waals surface area (Å²) in [5.74, 6) is 0. The zero-order valence-electron chi connectivity index (χ0n) is 10.9. The molecule has 2 heterocycles. The smallest absolute Gasteiger partial charge is 0.0843 e. The van der Waals surface area contributed by atoms with E-state index < -0.39 is 0 Å². The second-order valence-electron chi connectivity index (χ2n) is 5.12. The molecule has 0 saturated carbocycles. The van der Waals surface area contributed by atoms with Crippen molar-refractivity contribution in [3.05, 3.63) is 19.2 Å². The van der Waals surface area contributed by atoms with Gasteiger partial charge in [-0.25, -0.2) is 0 Å². The van der Waals surface area contributed by atoms with Crippen molar-refractivity contribution in [3.8, 4) is 0 Å². The Balaban J connectivity index is 1.75. The Labute approximate surface area is 130 Å². The number of nitrogens with zero attached hydrogens (tertiary/aromatic N) is 1. The van der Waals surface area contributed by atoms with E-state index in [0.29, 0.717) is 12.1 Å². The molecule has 0 unspecified atom stereocenters. The molecule has 0 radical (unpaired) electrons. The van der Waals surface area contributed by atoms with Gasteiger partial charge in [-0.2, -0.15) is 0 Å². The lowest BCUT2D eigenvalue weighted by atomic mass is 10.0. The van der Waals surface area contributed by atoms with E-state index >= 15 is 0 Å². The van der Waals surface area contributed by atoms with Gasteiger partial charge in [0.25, 0.3) is 0 Å². The molecule has 0 aromatic carbocycles. The van der Waals surface area contributed by atoms with E-state index in [0.717, 1.165) is 6.54 Å². The average molecular weight is 396 g/mol. The third kappa shape index (κ3) is 4.04. The van der Waals surface area contributed by atoms with Gasteiger partial charge in [-0.3, -0.25) is 0 Å². The molecule has 0 amide bonds. The molecule has 1 aliphatic heterocycles. The maximum atomic E-state index is 3.68. The molecular weight excluding hydrogens is 376 g/mol. The Morgan fingerprint density at radius 3 is 2.56 bits per heavy atom. The number of rotatable bonds is 4. The van der Waals surface area contributed by atoms with Crippen LogP contribution in [0.3, 0.4) is 0 Å². The summed E-state index contributed by atoms with van der Waals surface area (Å²) in [6.45, 7) is 8.02. The molecule has 2 rings (SSSR count). The van der Waals surface area contributed by atoms with Crippen molar-refractivity contribution in [3.63, 3.8) is 0 Å². The third-order valence-electron chi connectivity index (χ3n) is 3.52. The summed E-state index contributed by atoms with van der Waals surface area (Å²) >= 11 is 8.88. The maximum Gasteiger partial charge on any atom is 0.0843 e. The minimum absolute atomic E-state index is 0.680. The number of nitrogens with one attached hydrogen (secondary N) is 1. The lowest BCUT2D eigenvalue weighted by Gasteiger charge is -2.34. The van der Waals surface area contributed by atoms with Gasteiger partial charge >= 0.3 is 0 Å². The van der Waals surface area contributed by atoms with Gasteiger partial charge < -0.3 is 10.2 Å². The highest BCUT2D eigenvalue weighted by molar-refractivity contribution is 9.13. The van der Waals surface area contributed by atoms with Crippen molar-refractivity contribution in [2.75, 3.05) is 13.1 Å². The Bertz CT molecular complexity index is 365. The minimum Gasteiger partial charge on any atom is -0.309 e. The summed E-state index contributed by atoms with van der Waals surface area (Å²) in [5.41, 5.74) is 0. The first-order valence-electron chi connectivity index (χ1n) is 6.47. The van der Waals surface area contributed by atoms with Crippen LogP contribution in [0.4, 0.5) is 0 Å². The summed E-state index contributed by atoms with van der Waals surface area (Å²) in [6, 6.07) is 3.57. The normalized spacial score (nSPS) is 18.7. The van der Waals surface area contributed by atoms with Crippen LogP contribution in [-0.2, 0) is 6.54 Å². The van der Waals surface area contributed by atoms with Crippen molar-refractivity contribution in [2.24, 2.45) is 0 Å². The van der Waals surface area contributed by atoms with Crippen LogP contribution in [0.2, 0.25) is 0 Å². The van der Waals surface area contributed by atoms with Crippen molar-refractivity contribution in [1.82, 2.24) is 10.2 Å². The lowest BCUT2D eigenvalue weighted by molar-refractivity contribution is 0.161. The fourth-order valence-electron chi connectivity index (χ4n) is 2.34. The van der Waals surface area contributed by atoms with Crippen molar-refractivity contribution in [1.29, 1.82) is 0 Å². The number of halogens is 2. The van der Waals surface area contributed by atoms with Crippen LogP contribution in [0, 0.1) is 0 Å². The van der Waals surface area contributed by atoms with E-state index in [1.54, 1.807) is 11.3 Å². The molecule has 1 aromatic rings. The van der Waals surface area contributed by atoms with Crippen LogP contribution in [0.25, 0.3) is 0 Å². The third-order valence-corrected chi connectivity index (χ3v) is 6.78. The van der Waals surface area contributed by atoms with Crippen LogP contribution in [0.5, 0.6) is 0 Å². The molecule has 1 aliphatic rings. The molecule has 5 heteroatoms. The predicted octanol–water partition coefficient (Wildman–Crippen LogP) is 4.24. The van der Waals surface area contributed by atoms with E-state index in [2.05, 4.69) is 62.0 Å². The summed E-state index contributed by atoms with van der Waals surface area (Å²) in [7, 11) is 0. The Morgan fingerprint density at radius 2 is 2.06 bits per heavy atom. The SMILES string of the molecule is CC(C)N1CCC(NCc2cc(Br)c(Br)s2)CC1. The number of hydrogen-bond donors (Lipinski definition) is 1. The zero-order valence-corrected chi connectivity index (χ0v) is 14.9. The van der Waals surface area contributed by atoms with E-state index in [1.807, 2.05) is 0 Å². The van der Waals surface area contributed by atoms with Crippen LogP contribution in [-0.4, -0.2) is 30.1 Å². The molecule has 0 bridgehead atoms. The molecule has 2 nitrogen and oxygen atoms in total. The van der Waals surface area contributed by atoms with E-state index in [1.165, 1.54) is 39.1 Å². The highest BCUT2D eigenvalue weighted by atomic mass is 79.9. The molecule has 1 fully saturated rings. The maximum absolute atomic E-state index is 3.68. The van der Waals surface area contributed by atoms with Crippen molar-refractivity contribution < 1.29 is 0 Å². The fourth-order valence-corrected chi connectivity index (χ4v) is 4.47. The van der Waals surface area contributed by atoms with Gasteiger partial charge in [0.2, 0.25) is 0 Å². The molecule has 1 N–H and O–H groups in total. The first-order valence-corrected chi connectivity index (χ1v) is 8.87. The van der Waals surface area contributed by atoms with Crippen LogP contribution < -0.4 is 5.32 Å². The van der Waals surface area contributed by atoms with Gasteiger partial charge in [0.15, 0.2) is 0 Å². The molecule has 0 atom stereocenters. The largest absolute Gasteiger partial charge is 0.309 e. The van der Waals surface area contributed by atoms with Gasteiger partial charge in [-0.15, -0.1) is 11.3 Å². The summed E-state index contributed by atoms with van der Waals surface area (Å²) in [5, 5.41) is 3.68. The Kier molecular flexibility index (Phi) is 5.69. The number of piperidine rings is 1. The standard InChI is InChI=1S/C13H20Br2N2S/c1-9(2)17-5-3-10(4-6-17)16-8-11-7-12(14)13(15)18-11/h7,9-10,16H,3-6,8H2,1-2H3. The van der Waals surface area contributed by atoms with Crippen molar-refractivity contribution >= 4 is 43.2 Å². The summed E-state index contributed by atoms with van der Waals surface area (Å²) in [6.07, 6.45) is 2.54. The average Bonchev–Trinajstić information content (AvgIpc) is 2.67. The molecule has 0 spiro atoms. The molecule has 1 aromatic heterocycles. The summed E-state index contributed by atoms with van der Waals surface area (Å²) < 4.78 is 2.35. The lowest BCUT2D eigenvalue weighted by Crippen LogP contribution is -2.44. The monoisotopic (exact) mass is 394 g/mol. The Morgan fingerprint density at radius 1 is 1.39 bits per heavy atom. The van der Waals surface area contributed by atoms with E-state index in [-0.39, 0.29) is 0 Å². The molecule has 102 valence electrons. The number of likely N-dealkylation sites (tertiary alicyclic amines) is 1. The summed E-state index contributed by atoms with van der Waals surface area (Å²) in [4.78, 5) is 3.95. The topological polar surface area (TPSA) is 15.3 Å². The van der Waals surface area contributed by atoms with Crippen LogP contribution in [0.1, 0.15) is 31.6 Å². The van der Waals surface area contributed by atoms with Crippen LogP contribution >= 0.6 is 43.2 Å². The fraction of sp³-hybridized carbons (Fsp3) is 0.692. The minimum atomic E-state index is 0.680. The van der Waals surface area contributed by atoms with E-state index in [9.17, 15) is 0 Å². The second-order valence-corrected chi connectivity index (χ2v) is 8.43. The zero-order chi connectivity index (χ0) is 13.1. The van der Waals surface area contributed by atoms with Crippen molar-refractivity contribution in [2.45, 2.75) is 45.3 Å². The number of hydrogen-bond acceptors (Lipinski definition) is 3. The molecule has 0 aliphatic carbocycles.